The van der Waals surface area contributed by atoms with Crippen molar-refractivity contribution in [2.75, 3.05) is 10.6 Å². The van der Waals surface area contributed by atoms with E-state index in [2.05, 4.69) is 20.7 Å². The molecule has 2 N–H and O–H groups in total. The van der Waals surface area contributed by atoms with Crippen molar-refractivity contribution >= 4 is 51.5 Å². The molecule has 2 aromatic carbocycles. The first-order chi connectivity index (χ1) is 14.7. The quantitative estimate of drug-likeness (QED) is 0.368. The van der Waals surface area contributed by atoms with Crippen LogP contribution in [-0.2, 0) is 6.18 Å². The Balaban J connectivity index is 1.48. The number of pyridine rings is 1. The molecular formula is C20H12Cl2F3N5O. The molecule has 4 aromatic rings. The lowest BCUT2D eigenvalue weighted by Gasteiger charge is -2.12. The lowest BCUT2D eigenvalue weighted by molar-refractivity contribution is -0.137. The van der Waals surface area contributed by atoms with E-state index in [1.165, 1.54) is 12.3 Å². The molecule has 0 saturated carbocycles. The van der Waals surface area contributed by atoms with Crippen LogP contribution >= 0.6 is 23.2 Å². The number of nitrogens with one attached hydrogen (secondary N) is 2. The van der Waals surface area contributed by atoms with E-state index in [4.69, 9.17) is 23.2 Å². The third-order valence-corrected chi connectivity index (χ3v) is 4.97. The number of hydrogen-bond donors (Lipinski definition) is 2. The zero-order valence-corrected chi connectivity index (χ0v) is 16.9. The summed E-state index contributed by atoms with van der Waals surface area (Å²) in [5.74, 6) is 0.496. The van der Waals surface area contributed by atoms with Gasteiger partial charge in [0.15, 0.2) is 5.82 Å². The van der Waals surface area contributed by atoms with Crippen molar-refractivity contribution in [1.82, 2.24) is 14.8 Å². The lowest BCUT2D eigenvalue weighted by Crippen LogP contribution is -2.20. The van der Waals surface area contributed by atoms with Gasteiger partial charge in [-0.05, 0) is 42.5 Å². The summed E-state index contributed by atoms with van der Waals surface area (Å²) in [5.41, 5.74) is 0.00523. The molecule has 0 bridgehead atoms. The van der Waals surface area contributed by atoms with E-state index in [9.17, 15) is 18.0 Å². The van der Waals surface area contributed by atoms with Crippen LogP contribution < -0.4 is 10.6 Å². The lowest BCUT2D eigenvalue weighted by atomic mass is 10.2. The van der Waals surface area contributed by atoms with Gasteiger partial charge in [0, 0.05) is 11.1 Å². The molecule has 0 fully saturated rings. The molecule has 11 heteroatoms. The zero-order chi connectivity index (χ0) is 22.2. The molecule has 0 radical (unpaired) electrons. The van der Waals surface area contributed by atoms with Gasteiger partial charge in [-0.15, -0.1) is 0 Å². The van der Waals surface area contributed by atoms with Crippen molar-refractivity contribution in [1.29, 1.82) is 0 Å². The van der Waals surface area contributed by atoms with Gasteiger partial charge >= 0.3 is 12.2 Å². The first-order valence-electron chi connectivity index (χ1n) is 8.76. The highest BCUT2D eigenvalue weighted by atomic mass is 35.5. The number of urea groups is 1. The highest BCUT2D eigenvalue weighted by molar-refractivity contribution is 6.35. The summed E-state index contributed by atoms with van der Waals surface area (Å²) in [6, 6.07) is 11.0. The van der Waals surface area contributed by atoms with Gasteiger partial charge in [0.2, 0.25) is 0 Å². The Bertz CT molecular complexity index is 1270. The second-order valence-corrected chi connectivity index (χ2v) is 7.22. The number of halogens is 5. The normalized spacial score (nSPS) is 11.5. The monoisotopic (exact) mass is 465 g/mol. The average Bonchev–Trinajstić information content (AvgIpc) is 3.15. The predicted molar refractivity (Wildman–Crippen MR) is 113 cm³/mol. The molecule has 0 aliphatic rings. The number of fused-ring (bicyclic) bond motifs is 1. The summed E-state index contributed by atoms with van der Waals surface area (Å²) in [6.45, 7) is 0. The summed E-state index contributed by atoms with van der Waals surface area (Å²) in [4.78, 5) is 16.4. The van der Waals surface area contributed by atoms with Crippen LogP contribution in [0.25, 0.3) is 16.7 Å². The smallest absolute Gasteiger partial charge is 0.308 e. The predicted octanol–water partition coefficient (Wildman–Crippen LogP) is 6.39. The molecule has 2 amide bonds. The van der Waals surface area contributed by atoms with Crippen LogP contribution in [0.15, 0.2) is 60.9 Å². The van der Waals surface area contributed by atoms with Crippen LogP contribution in [0.1, 0.15) is 5.56 Å². The van der Waals surface area contributed by atoms with Crippen LogP contribution in [0, 0.1) is 0 Å². The zero-order valence-electron chi connectivity index (χ0n) is 15.4. The number of anilines is 2. The number of carbonyl (C=O) groups is 1. The first kappa shape index (κ1) is 21.0. The molecule has 2 heterocycles. The summed E-state index contributed by atoms with van der Waals surface area (Å²) in [5, 5.41) is 10.00. The van der Waals surface area contributed by atoms with Gasteiger partial charge in [-0.3, -0.25) is 0 Å². The number of rotatable bonds is 3. The minimum atomic E-state index is -4.63. The van der Waals surface area contributed by atoms with E-state index < -0.39 is 22.8 Å². The second kappa shape index (κ2) is 8.09. The molecule has 0 spiro atoms. The minimum absolute atomic E-state index is 0.0568. The third kappa shape index (κ3) is 4.42. The number of hydrogen-bond acceptors (Lipinski definition) is 3. The van der Waals surface area contributed by atoms with Gasteiger partial charge in [-0.25, -0.2) is 14.5 Å². The van der Waals surface area contributed by atoms with Crippen LogP contribution in [0.2, 0.25) is 10.0 Å². The van der Waals surface area contributed by atoms with Gasteiger partial charge in [-0.2, -0.15) is 18.3 Å². The third-order valence-electron chi connectivity index (χ3n) is 4.31. The number of aromatic nitrogens is 3. The van der Waals surface area contributed by atoms with E-state index in [0.717, 1.165) is 23.0 Å². The molecule has 6 nitrogen and oxygen atoms in total. The maximum absolute atomic E-state index is 13.0. The van der Waals surface area contributed by atoms with Gasteiger partial charge < -0.3 is 10.6 Å². The summed E-state index contributed by atoms with van der Waals surface area (Å²) >= 11 is 11.7. The first-order valence-corrected chi connectivity index (χ1v) is 9.51. The number of amides is 2. The fourth-order valence-electron chi connectivity index (χ4n) is 2.90. The molecule has 31 heavy (non-hydrogen) atoms. The van der Waals surface area contributed by atoms with Gasteiger partial charge in [0.1, 0.15) is 0 Å². The van der Waals surface area contributed by atoms with E-state index in [1.54, 1.807) is 35.1 Å². The Kier molecular flexibility index (Phi) is 5.47. The number of nitrogens with zero attached hydrogens (tertiary/aromatic N) is 3. The van der Waals surface area contributed by atoms with Crippen molar-refractivity contribution in [3.63, 3.8) is 0 Å². The maximum Gasteiger partial charge on any atom is 0.417 e. The summed E-state index contributed by atoms with van der Waals surface area (Å²) in [7, 11) is 0. The standard InChI is InChI=1S/C20H12Cl2F3N5O/c21-15-2-1-3-17-13(15)10-27-30(17)18-7-5-12(9-26-18)29-19(31)28-11-4-6-16(22)14(8-11)20(23,24)25/h1-10H,(H2,28,29,31). The fraction of sp³-hybridized carbons (Fsp3) is 0.0500. The molecule has 0 aliphatic carbocycles. The average molecular weight is 466 g/mol. The number of carbonyl (C=O) groups excluding carboxylic acids is 1. The minimum Gasteiger partial charge on any atom is -0.308 e. The van der Waals surface area contributed by atoms with Crippen molar-refractivity contribution < 1.29 is 18.0 Å². The number of alkyl halides is 3. The Morgan fingerprint density at radius 3 is 2.39 bits per heavy atom. The van der Waals surface area contributed by atoms with Gasteiger partial charge in [0.25, 0.3) is 0 Å². The highest BCUT2D eigenvalue weighted by Crippen LogP contribution is 2.36. The highest BCUT2D eigenvalue weighted by Gasteiger charge is 2.33. The topological polar surface area (TPSA) is 71.8 Å². The van der Waals surface area contributed by atoms with Crippen molar-refractivity contribution in [3.8, 4) is 5.82 Å². The van der Waals surface area contributed by atoms with Crippen molar-refractivity contribution in [2.45, 2.75) is 6.18 Å². The maximum atomic E-state index is 13.0. The Morgan fingerprint density at radius 1 is 0.935 bits per heavy atom. The molecular weight excluding hydrogens is 454 g/mol. The van der Waals surface area contributed by atoms with Crippen LogP contribution in [-0.4, -0.2) is 20.8 Å². The Hall–Kier alpha value is -3.30. The molecule has 4 rings (SSSR count). The second-order valence-electron chi connectivity index (χ2n) is 6.41. The van der Waals surface area contributed by atoms with E-state index in [1.807, 2.05) is 6.07 Å². The summed E-state index contributed by atoms with van der Waals surface area (Å²) in [6.07, 6.45) is -1.61. The Morgan fingerprint density at radius 2 is 1.68 bits per heavy atom. The van der Waals surface area contributed by atoms with E-state index in [-0.39, 0.29) is 5.69 Å². The molecule has 2 aromatic heterocycles. The molecule has 0 saturated heterocycles. The Labute approximate surface area is 183 Å². The van der Waals surface area contributed by atoms with Gasteiger partial charge in [-0.1, -0.05) is 29.3 Å². The van der Waals surface area contributed by atoms with Crippen LogP contribution in [0.5, 0.6) is 0 Å². The van der Waals surface area contributed by atoms with Gasteiger partial charge in [0.05, 0.1) is 39.2 Å². The van der Waals surface area contributed by atoms with Crippen molar-refractivity contribution in [2.24, 2.45) is 0 Å². The molecule has 0 unspecified atom stereocenters. The summed E-state index contributed by atoms with van der Waals surface area (Å²) < 4.78 is 40.4. The molecule has 0 aliphatic heterocycles. The largest absolute Gasteiger partial charge is 0.417 e. The van der Waals surface area contributed by atoms with Crippen molar-refractivity contribution in [3.05, 3.63) is 76.5 Å². The molecule has 158 valence electrons. The van der Waals surface area contributed by atoms with Crippen LogP contribution in [0.4, 0.5) is 29.3 Å². The fourth-order valence-corrected chi connectivity index (χ4v) is 3.34. The SMILES string of the molecule is O=C(Nc1ccc(-n2ncc3c(Cl)cccc32)nc1)Nc1ccc(Cl)c(C(F)(F)F)c1. The molecule has 0 atom stereocenters. The van der Waals surface area contributed by atoms with E-state index >= 15 is 0 Å². The number of benzene rings is 2. The van der Waals surface area contributed by atoms with Crippen LogP contribution in [0.3, 0.4) is 0 Å². The van der Waals surface area contributed by atoms with E-state index in [0.29, 0.717) is 16.5 Å².